The summed E-state index contributed by atoms with van der Waals surface area (Å²) in [5, 5.41) is 3.50. The van der Waals surface area contributed by atoms with Gasteiger partial charge in [0.2, 0.25) is 5.91 Å². The number of benzene rings is 1. The summed E-state index contributed by atoms with van der Waals surface area (Å²) in [7, 11) is 0. The molecule has 1 aliphatic rings. The number of amides is 2. The topological polar surface area (TPSA) is 75.2 Å². The minimum Gasteiger partial charge on any atom is -0.338 e. The Labute approximate surface area is 196 Å². The molecule has 8 heteroatoms. The van der Waals surface area contributed by atoms with Gasteiger partial charge in [-0.15, -0.1) is 11.8 Å². The first-order chi connectivity index (χ1) is 16.0. The first kappa shape index (κ1) is 22.9. The number of piperidine rings is 1. The van der Waals surface area contributed by atoms with Crippen molar-refractivity contribution in [2.24, 2.45) is 5.92 Å². The van der Waals surface area contributed by atoms with Crippen molar-refractivity contribution in [3.8, 4) is 0 Å². The zero-order valence-corrected chi connectivity index (χ0v) is 19.1. The number of aromatic nitrogens is 2. The SMILES string of the molecule is Cc1cccc(NC(=O)C2CCCN(C(=O)c3cccnc3SCc3ccc(F)cc3)C2)n1. The van der Waals surface area contributed by atoms with E-state index in [9.17, 15) is 14.0 Å². The van der Waals surface area contributed by atoms with E-state index in [2.05, 4.69) is 15.3 Å². The van der Waals surface area contributed by atoms with Crippen LogP contribution in [0, 0.1) is 18.7 Å². The van der Waals surface area contributed by atoms with Gasteiger partial charge in [-0.2, -0.15) is 0 Å². The molecule has 0 saturated carbocycles. The number of anilines is 1. The average Bonchev–Trinajstić information content (AvgIpc) is 2.83. The Morgan fingerprint density at radius 2 is 1.97 bits per heavy atom. The zero-order valence-electron chi connectivity index (χ0n) is 18.3. The predicted molar refractivity (Wildman–Crippen MR) is 126 cm³/mol. The average molecular weight is 465 g/mol. The number of hydrogen-bond donors (Lipinski definition) is 1. The monoisotopic (exact) mass is 464 g/mol. The first-order valence-electron chi connectivity index (χ1n) is 10.9. The fourth-order valence-corrected chi connectivity index (χ4v) is 4.73. The lowest BCUT2D eigenvalue weighted by Gasteiger charge is -2.32. The van der Waals surface area contributed by atoms with Gasteiger partial charge in [0.05, 0.1) is 11.5 Å². The number of rotatable bonds is 6. The predicted octanol–water partition coefficient (Wildman–Crippen LogP) is 4.71. The molecule has 170 valence electrons. The summed E-state index contributed by atoms with van der Waals surface area (Å²) in [6.45, 7) is 2.83. The van der Waals surface area contributed by atoms with E-state index < -0.39 is 0 Å². The number of carbonyl (C=O) groups excluding carboxylic acids is 2. The summed E-state index contributed by atoms with van der Waals surface area (Å²) in [6, 6.07) is 15.3. The van der Waals surface area contributed by atoms with Crippen molar-refractivity contribution in [2.75, 3.05) is 18.4 Å². The second kappa shape index (κ2) is 10.6. The first-order valence-corrected chi connectivity index (χ1v) is 11.8. The number of nitrogens with one attached hydrogen (secondary N) is 1. The summed E-state index contributed by atoms with van der Waals surface area (Å²) >= 11 is 1.44. The van der Waals surface area contributed by atoms with E-state index in [0.717, 1.165) is 24.1 Å². The van der Waals surface area contributed by atoms with Crippen molar-refractivity contribution >= 4 is 29.4 Å². The van der Waals surface area contributed by atoms with Crippen molar-refractivity contribution in [1.29, 1.82) is 0 Å². The molecule has 2 amide bonds. The van der Waals surface area contributed by atoms with Crippen LogP contribution in [0.4, 0.5) is 10.2 Å². The highest BCUT2D eigenvalue weighted by molar-refractivity contribution is 7.98. The van der Waals surface area contributed by atoms with Crippen LogP contribution in [0.15, 0.2) is 65.8 Å². The quantitative estimate of drug-likeness (QED) is 0.535. The lowest BCUT2D eigenvalue weighted by Crippen LogP contribution is -2.44. The Balaban J connectivity index is 1.42. The molecular weight excluding hydrogens is 439 g/mol. The van der Waals surface area contributed by atoms with Gasteiger partial charge in [0.15, 0.2) is 0 Å². The summed E-state index contributed by atoms with van der Waals surface area (Å²) in [4.78, 5) is 36.6. The normalized spacial score (nSPS) is 15.8. The highest BCUT2D eigenvalue weighted by Gasteiger charge is 2.30. The minimum absolute atomic E-state index is 0.123. The van der Waals surface area contributed by atoms with E-state index in [4.69, 9.17) is 0 Å². The molecule has 3 aromatic rings. The Kier molecular flexibility index (Phi) is 7.34. The molecular formula is C25H25FN4O2S. The Morgan fingerprint density at radius 3 is 2.76 bits per heavy atom. The zero-order chi connectivity index (χ0) is 23.2. The number of nitrogens with zero attached hydrogens (tertiary/aromatic N) is 3. The van der Waals surface area contributed by atoms with Crippen LogP contribution in [0.2, 0.25) is 0 Å². The van der Waals surface area contributed by atoms with Crippen LogP contribution in [-0.4, -0.2) is 39.8 Å². The van der Waals surface area contributed by atoms with Crippen molar-refractivity contribution in [3.63, 3.8) is 0 Å². The molecule has 3 heterocycles. The van der Waals surface area contributed by atoms with Crippen molar-refractivity contribution in [3.05, 3.63) is 83.4 Å². The number of carbonyl (C=O) groups is 2. The highest BCUT2D eigenvalue weighted by Crippen LogP contribution is 2.27. The molecule has 0 radical (unpaired) electrons. The summed E-state index contributed by atoms with van der Waals surface area (Å²) < 4.78 is 13.2. The molecule has 0 aliphatic carbocycles. The molecule has 1 fully saturated rings. The third-order valence-electron chi connectivity index (χ3n) is 5.51. The number of pyridine rings is 2. The number of halogens is 1. The van der Waals surface area contributed by atoms with Gasteiger partial charge in [-0.25, -0.2) is 14.4 Å². The fourth-order valence-electron chi connectivity index (χ4n) is 3.79. The fraction of sp³-hybridized carbons (Fsp3) is 0.280. The molecule has 0 spiro atoms. The smallest absolute Gasteiger partial charge is 0.256 e. The van der Waals surface area contributed by atoms with Crippen LogP contribution in [0.1, 0.15) is 34.5 Å². The summed E-state index contributed by atoms with van der Waals surface area (Å²) in [6.07, 6.45) is 3.13. The summed E-state index contributed by atoms with van der Waals surface area (Å²) in [5.74, 6) is 0.275. The van der Waals surface area contributed by atoms with Crippen molar-refractivity contribution < 1.29 is 14.0 Å². The number of thioether (sulfide) groups is 1. The van der Waals surface area contributed by atoms with E-state index in [0.29, 0.717) is 35.2 Å². The molecule has 1 aromatic carbocycles. The van der Waals surface area contributed by atoms with Gasteiger partial charge < -0.3 is 10.2 Å². The van der Waals surface area contributed by atoms with Gasteiger partial charge in [0, 0.05) is 30.7 Å². The van der Waals surface area contributed by atoms with Crippen molar-refractivity contribution in [2.45, 2.75) is 30.5 Å². The number of hydrogen-bond acceptors (Lipinski definition) is 5. The van der Waals surface area contributed by atoms with Crippen LogP contribution in [-0.2, 0) is 10.5 Å². The van der Waals surface area contributed by atoms with E-state index >= 15 is 0 Å². The molecule has 1 saturated heterocycles. The maximum atomic E-state index is 13.3. The molecule has 33 heavy (non-hydrogen) atoms. The Morgan fingerprint density at radius 1 is 1.15 bits per heavy atom. The molecule has 1 unspecified atom stereocenters. The Hall–Kier alpha value is -3.26. The third kappa shape index (κ3) is 5.96. The van der Waals surface area contributed by atoms with Crippen molar-refractivity contribution in [1.82, 2.24) is 14.9 Å². The largest absolute Gasteiger partial charge is 0.338 e. The lowest BCUT2D eigenvalue weighted by atomic mass is 9.96. The van der Waals surface area contributed by atoms with Crippen LogP contribution < -0.4 is 5.32 Å². The second-order valence-electron chi connectivity index (χ2n) is 8.02. The highest BCUT2D eigenvalue weighted by atomic mass is 32.2. The molecule has 1 aliphatic heterocycles. The second-order valence-corrected chi connectivity index (χ2v) is 8.98. The summed E-state index contributed by atoms with van der Waals surface area (Å²) in [5.41, 5.74) is 2.30. The molecule has 1 N–H and O–H groups in total. The molecule has 1 atom stereocenters. The van der Waals surface area contributed by atoms with Gasteiger partial charge in [0.25, 0.3) is 5.91 Å². The molecule has 0 bridgehead atoms. The third-order valence-corrected chi connectivity index (χ3v) is 6.59. The number of likely N-dealkylation sites (tertiary alicyclic amines) is 1. The minimum atomic E-state index is -0.294. The van der Waals surface area contributed by atoms with Gasteiger partial charge in [0.1, 0.15) is 16.7 Å². The van der Waals surface area contributed by atoms with E-state index in [-0.39, 0.29) is 23.5 Å². The van der Waals surface area contributed by atoms with E-state index in [1.807, 2.05) is 19.1 Å². The van der Waals surface area contributed by atoms with Gasteiger partial charge >= 0.3 is 0 Å². The van der Waals surface area contributed by atoms with Crippen LogP contribution in [0.3, 0.4) is 0 Å². The van der Waals surface area contributed by atoms with Gasteiger partial charge in [-0.1, -0.05) is 18.2 Å². The van der Waals surface area contributed by atoms with Gasteiger partial charge in [-0.05, 0) is 61.7 Å². The van der Waals surface area contributed by atoms with Gasteiger partial charge in [-0.3, -0.25) is 9.59 Å². The molecule has 6 nitrogen and oxygen atoms in total. The van der Waals surface area contributed by atoms with E-state index in [1.54, 1.807) is 41.4 Å². The maximum Gasteiger partial charge on any atom is 0.256 e. The Bertz CT molecular complexity index is 1140. The molecule has 4 rings (SSSR count). The molecule has 2 aromatic heterocycles. The maximum absolute atomic E-state index is 13.3. The lowest BCUT2D eigenvalue weighted by molar-refractivity contribution is -0.121. The van der Waals surface area contributed by atoms with Crippen LogP contribution >= 0.6 is 11.8 Å². The van der Waals surface area contributed by atoms with E-state index in [1.165, 1.54) is 23.9 Å². The standard InChI is InChI=1S/C25H25FN4O2S/c1-17-5-2-8-22(28-17)29-23(31)19-6-4-14-30(15-19)25(32)21-7-3-13-27-24(21)33-16-18-9-11-20(26)12-10-18/h2-3,5,7-13,19H,4,6,14-16H2,1H3,(H,28,29,31). The number of aryl methyl sites for hydroxylation is 1. The van der Waals surface area contributed by atoms with Crippen LogP contribution in [0.25, 0.3) is 0 Å². The van der Waals surface area contributed by atoms with Crippen LogP contribution in [0.5, 0.6) is 0 Å².